The van der Waals surface area contributed by atoms with Crippen molar-refractivity contribution >= 4 is 5.96 Å². The van der Waals surface area contributed by atoms with Crippen molar-refractivity contribution in [3.8, 4) is 0 Å². The zero-order chi connectivity index (χ0) is 20.6. The van der Waals surface area contributed by atoms with Gasteiger partial charge in [0.15, 0.2) is 5.96 Å². The molecule has 0 spiro atoms. The SMILES string of the molecule is CN=C(NCc1cccc(COC2CCOCC2)c1)NC1CN(C(C)C)CC1C. The van der Waals surface area contributed by atoms with Crippen LogP contribution in [0.1, 0.15) is 44.7 Å². The summed E-state index contributed by atoms with van der Waals surface area (Å²) in [4.78, 5) is 6.96. The van der Waals surface area contributed by atoms with E-state index in [1.807, 2.05) is 7.05 Å². The molecule has 0 aliphatic carbocycles. The van der Waals surface area contributed by atoms with Crippen LogP contribution in [0.4, 0.5) is 0 Å². The molecule has 0 saturated carbocycles. The van der Waals surface area contributed by atoms with Gasteiger partial charge in [0.2, 0.25) is 0 Å². The van der Waals surface area contributed by atoms with Gasteiger partial charge in [0, 0.05) is 52.0 Å². The average molecular weight is 403 g/mol. The van der Waals surface area contributed by atoms with Crippen molar-refractivity contribution in [2.75, 3.05) is 33.4 Å². The van der Waals surface area contributed by atoms with Gasteiger partial charge in [0.1, 0.15) is 0 Å². The summed E-state index contributed by atoms with van der Waals surface area (Å²) in [5.41, 5.74) is 2.46. The molecular weight excluding hydrogens is 364 g/mol. The number of hydrogen-bond donors (Lipinski definition) is 2. The van der Waals surface area contributed by atoms with E-state index in [1.165, 1.54) is 11.1 Å². The molecule has 0 radical (unpaired) electrons. The van der Waals surface area contributed by atoms with Crippen molar-refractivity contribution in [3.05, 3.63) is 35.4 Å². The lowest BCUT2D eigenvalue weighted by molar-refractivity contribution is -0.0390. The fourth-order valence-corrected chi connectivity index (χ4v) is 4.06. The van der Waals surface area contributed by atoms with Crippen molar-refractivity contribution in [2.24, 2.45) is 10.9 Å². The Morgan fingerprint density at radius 2 is 2.00 bits per heavy atom. The third-order valence-corrected chi connectivity index (χ3v) is 6.02. The molecule has 2 heterocycles. The van der Waals surface area contributed by atoms with Crippen LogP contribution in [-0.4, -0.2) is 62.4 Å². The van der Waals surface area contributed by atoms with Gasteiger partial charge >= 0.3 is 0 Å². The monoisotopic (exact) mass is 402 g/mol. The Labute approximate surface area is 176 Å². The fourth-order valence-electron chi connectivity index (χ4n) is 4.06. The summed E-state index contributed by atoms with van der Waals surface area (Å²) in [5, 5.41) is 7.09. The molecule has 29 heavy (non-hydrogen) atoms. The highest BCUT2D eigenvalue weighted by Gasteiger charge is 2.31. The number of nitrogens with one attached hydrogen (secondary N) is 2. The predicted molar refractivity (Wildman–Crippen MR) is 118 cm³/mol. The minimum atomic E-state index is 0.326. The van der Waals surface area contributed by atoms with E-state index in [0.29, 0.717) is 30.7 Å². The molecule has 2 aliphatic rings. The Morgan fingerprint density at radius 3 is 2.69 bits per heavy atom. The quantitative estimate of drug-likeness (QED) is 0.543. The van der Waals surface area contributed by atoms with Crippen LogP contribution in [0, 0.1) is 5.92 Å². The third kappa shape index (κ3) is 6.69. The lowest BCUT2D eigenvalue weighted by atomic mass is 10.1. The van der Waals surface area contributed by atoms with Crippen molar-refractivity contribution in [1.29, 1.82) is 0 Å². The molecule has 2 aliphatic heterocycles. The number of ether oxygens (including phenoxy) is 2. The highest BCUT2D eigenvalue weighted by molar-refractivity contribution is 5.80. The predicted octanol–water partition coefficient (Wildman–Crippen LogP) is 2.78. The Kier molecular flexibility index (Phi) is 8.33. The van der Waals surface area contributed by atoms with Crippen LogP contribution in [0.15, 0.2) is 29.3 Å². The second kappa shape index (κ2) is 11.0. The lowest BCUT2D eigenvalue weighted by Gasteiger charge is -2.22. The second-order valence-electron chi connectivity index (χ2n) is 8.64. The molecule has 6 heteroatoms. The van der Waals surface area contributed by atoms with Gasteiger partial charge in [-0.2, -0.15) is 0 Å². The Morgan fingerprint density at radius 1 is 1.24 bits per heavy atom. The molecule has 6 nitrogen and oxygen atoms in total. The molecule has 3 rings (SSSR count). The number of nitrogens with zero attached hydrogens (tertiary/aromatic N) is 2. The number of guanidine groups is 1. The topological polar surface area (TPSA) is 58.1 Å². The average Bonchev–Trinajstić information content (AvgIpc) is 3.11. The molecule has 2 N–H and O–H groups in total. The maximum atomic E-state index is 6.06. The minimum Gasteiger partial charge on any atom is -0.381 e. The van der Waals surface area contributed by atoms with E-state index < -0.39 is 0 Å². The van der Waals surface area contributed by atoms with E-state index in [9.17, 15) is 0 Å². The van der Waals surface area contributed by atoms with Crippen LogP contribution < -0.4 is 10.6 Å². The molecule has 1 aromatic rings. The molecule has 162 valence electrons. The molecule has 0 bridgehead atoms. The summed E-state index contributed by atoms with van der Waals surface area (Å²) in [6, 6.07) is 9.63. The molecule has 0 amide bonds. The molecule has 2 atom stereocenters. The van der Waals surface area contributed by atoms with Gasteiger partial charge in [-0.15, -0.1) is 0 Å². The number of hydrogen-bond acceptors (Lipinski definition) is 4. The van der Waals surface area contributed by atoms with Gasteiger partial charge in [0.25, 0.3) is 0 Å². The van der Waals surface area contributed by atoms with Crippen molar-refractivity contribution in [2.45, 2.75) is 65.0 Å². The normalized spacial score (nSPS) is 24.2. The highest BCUT2D eigenvalue weighted by Crippen LogP contribution is 2.18. The highest BCUT2D eigenvalue weighted by atomic mass is 16.5. The van der Waals surface area contributed by atoms with Crippen LogP contribution in [-0.2, 0) is 22.6 Å². The van der Waals surface area contributed by atoms with Crippen LogP contribution in [0.25, 0.3) is 0 Å². The molecule has 2 saturated heterocycles. The van der Waals surface area contributed by atoms with E-state index in [0.717, 1.165) is 51.6 Å². The first-order valence-electron chi connectivity index (χ1n) is 11.0. The van der Waals surface area contributed by atoms with Crippen molar-refractivity contribution < 1.29 is 9.47 Å². The summed E-state index contributed by atoms with van der Waals surface area (Å²) in [5.74, 6) is 1.48. The zero-order valence-corrected chi connectivity index (χ0v) is 18.5. The van der Waals surface area contributed by atoms with Crippen molar-refractivity contribution in [3.63, 3.8) is 0 Å². The van der Waals surface area contributed by atoms with Crippen LogP contribution in [0.2, 0.25) is 0 Å². The molecule has 2 unspecified atom stereocenters. The number of benzene rings is 1. The Hall–Kier alpha value is -1.63. The second-order valence-corrected chi connectivity index (χ2v) is 8.64. The largest absolute Gasteiger partial charge is 0.381 e. The first-order chi connectivity index (χ1) is 14.0. The first kappa shape index (κ1) is 22.1. The van der Waals surface area contributed by atoms with Crippen LogP contribution >= 0.6 is 0 Å². The molecule has 2 fully saturated rings. The van der Waals surface area contributed by atoms with Crippen molar-refractivity contribution in [1.82, 2.24) is 15.5 Å². The van der Waals surface area contributed by atoms with E-state index in [4.69, 9.17) is 9.47 Å². The summed E-state index contributed by atoms with van der Waals surface area (Å²) in [6.45, 7) is 12.1. The summed E-state index contributed by atoms with van der Waals surface area (Å²) in [7, 11) is 1.84. The van der Waals surface area contributed by atoms with Crippen LogP contribution in [0.5, 0.6) is 0 Å². The van der Waals surface area contributed by atoms with Gasteiger partial charge in [-0.1, -0.05) is 31.2 Å². The molecule has 0 aromatic heterocycles. The summed E-state index contributed by atoms with van der Waals surface area (Å²) < 4.78 is 11.5. The number of aliphatic imine (C=N–C) groups is 1. The van der Waals surface area contributed by atoms with E-state index in [2.05, 4.69) is 65.6 Å². The smallest absolute Gasteiger partial charge is 0.191 e. The van der Waals surface area contributed by atoms with Gasteiger partial charge in [-0.25, -0.2) is 0 Å². The van der Waals surface area contributed by atoms with E-state index >= 15 is 0 Å². The maximum Gasteiger partial charge on any atom is 0.191 e. The van der Waals surface area contributed by atoms with Gasteiger partial charge in [-0.3, -0.25) is 9.89 Å². The fraction of sp³-hybridized carbons (Fsp3) is 0.696. The number of rotatable bonds is 7. The molecular formula is C23H38N4O2. The van der Waals surface area contributed by atoms with Crippen LogP contribution in [0.3, 0.4) is 0 Å². The minimum absolute atomic E-state index is 0.326. The third-order valence-electron chi connectivity index (χ3n) is 6.02. The Bertz CT molecular complexity index is 658. The van der Waals surface area contributed by atoms with Gasteiger partial charge in [-0.05, 0) is 43.7 Å². The Balaban J connectivity index is 1.47. The summed E-state index contributed by atoms with van der Waals surface area (Å²) >= 11 is 0. The standard InChI is InChI=1S/C23H38N4O2/c1-17(2)27-14-18(3)22(15-27)26-23(24-4)25-13-19-6-5-7-20(12-19)16-29-21-8-10-28-11-9-21/h5-7,12,17-18,21-22H,8-11,13-16H2,1-4H3,(H2,24,25,26). The molecule has 1 aromatic carbocycles. The first-order valence-corrected chi connectivity index (χ1v) is 11.0. The maximum absolute atomic E-state index is 6.06. The summed E-state index contributed by atoms with van der Waals surface area (Å²) in [6.07, 6.45) is 2.32. The number of likely N-dealkylation sites (tertiary alicyclic amines) is 1. The lowest BCUT2D eigenvalue weighted by Crippen LogP contribution is -2.46. The zero-order valence-electron chi connectivity index (χ0n) is 18.5. The van der Waals surface area contributed by atoms with Gasteiger partial charge < -0.3 is 20.1 Å². The van der Waals surface area contributed by atoms with E-state index in [1.54, 1.807) is 0 Å². The van der Waals surface area contributed by atoms with Gasteiger partial charge in [0.05, 0.1) is 12.7 Å². The van der Waals surface area contributed by atoms with E-state index in [-0.39, 0.29) is 0 Å².